The van der Waals surface area contributed by atoms with E-state index in [4.69, 9.17) is 10.6 Å². The van der Waals surface area contributed by atoms with Crippen molar-refractivity contribution in [1.29, 1.82) is 0 Å². The molecule has 1 fully saturated rings. The van der Waals surface area contributed by atoms with Crippen molar-refractivity contribution in [2.45, 2.75) is 45.6 Å². The third-order valence-corrected chi connectivity index (χ3v) is 2.44. The number of rotatable bonds is 1. The van der Waals surface area contributed by atoms with E-state index in [1.165, 1.54) is 0 Å². The SMILES string of the molecule is CC(C)(C)OC(=O)[C@H]1CCCCN(N)C1. The first-order valence-corrected chi connectivity index (χ1v) is 5.61. The Morgan fingerprint density at radius 3 is 2.67 bits per heavy atom. The molecule has 1 aliphatic rings. The largest absolute Gasteiger partial charge is 0.460 e. The molecule has 0 aromatic rings. The zero-order valence-electron chi connectivity index (χ0n) is 9.95. The number of esters is 1. The van der Waals surface area contributed by atoms with Gasteiger partial charge in [-0.15, -0.1) is 0 Å². The van der Waals surface area contributed by atoms with Gasteiger partial charge >= 0.3 is 5.97 Å². The second kappa shape index (κ2) is 4.94. The molecule has 0 spiro atoms. The summed E-state index contributed by atoms with van der Waals surface area (Å²) in [7, 11) is 0. The minimum absolute atomic E-state index is 0.0586. The summed E-state index contributed by atoms with van der Waals surface area (Å²) >= 11 is 0. The van der Waals surface area contributed by atoms with E-state index < -0.39 is 5.60 Å². The summed E-state index contributed by atoms with van der Waals surface area (Å²) in [4.78, 5) is 11.8. The van der Waals surface area contributed by atoms with Gasteiger partial charge in [0.05, 0.1) is 5.92 Å². The number of nitrogens with two attached hydrogens (primary N) is 1. The van der Waals surface area contributed by atoms with E-state index in [-0.39, 0.29) is 11.9 Å². The molecule has 1 rings (SSSR count). The number of ether oxygens (including phenoxy) is 1. The highest BCUT2D eigenvalue weighted by Crippen LogP contribution is 2.19. The van der Waals surface area contributed by atoms with Crippen molar-refractivity contribution in [3.8, 4) is 0 Å². The molecule has 4 heteroatoms. The first kappa shape index (κ1) is 12.5. The van der Waals surface area contributed by atoms with Crippen LogP contribution in [-0.2, 0) is 9.53 Å². The Bertz CT molecular complexity index is 223. The second-order valence-electron chi connectivity index (χ2n) is 5.22. The zero-order chi connectivity index (χ0) is 11.5. The van der Waals surface area contributed by atoms with Gasteiger partial charge in [0, 0.05) is 13.1 Å². The van der Waals surface area contributed by atoms with Gasteiger partial charge in [-0.25, -0.2) is 5.01 Å². The lowest BCUT2D eigenvalue weighted by molar-refractivity contribution is -0.160. The minimum atomic E-state index is -0.400. The van der Waals surface area contributed by atoms with Crippen LogP contribution in [0.4, 0.5) is 0 Å². The van der Waals surface area contributed by atoms with Gasteiger partial charge in [0.25, 0.3) is 0 Å². The predicted octanol–water partition coefficient (Wildman–Crippen LogP) is 1.30. The molecule has 1 heterocycles. The number of hydrazine groups is 1. The maximum absolute atomic E-state index is 11.8. The molecule has 4 nitrogen and oxygen atoms in total. The van der Waals surface area contributed by atoms with Crippen LogP contribution in [0.1, 0.15) is 40.0 Å². The summed E-state index contributed by atoms with van der Waals surface area (Å²) in [6.07, 6.45) is 3.01. The summed E-state index contributed by atoms with van der Waals surface area (Å²) in [5.41, 5.74) is -0.400. The molecule has 1 saturated heterocycles. The van der Waals surface area contributed by atoms with Gasteiger partial charge in [0.1, 0.15) is 5.60 Å². The fraction of sp³-hybridized carbons (Fsp3) is 0.909. The van der Waals surface area contributed by atoms with E-state index in [1.807, 2.05) is 20.8 Å². The van der Waals surface area contributed by atoms with Crippen molar-refractivity contribution in [3.05, 3.63) is 0 Å². The number of carbonyl (C=O) groups is 1. The molecule has 0 bridgehead atoms. The molecular weight excluding hydrogens is 192 g/mol. The Labute approximate surface area is 91.7 Å². The first-order chi connectivity index (χ1) is 6.88. The van der Waals surface area contributed by atoms with Crippen LogP contribution in [-0.4, -0.2) is 29.7 Å². The molecule has 1 atom stereocenters. The van der Waals surface area contributed by atoms with E-state index in [9.17, 15) is 4.79 Å². The predicted molar refractivity (Wildman–Crippen MR) is 58.9 cm³/mol. The molecule has 1 aliphatic heterocycles. The van der Waals surface area contributed by atoms with Crippen LogP contribution in [0, 0.1) is 5.92 Å². The highest BCUT2D eigenvalue weighted by molar-refractivity contribution is 5.73. The maximum Gasteiger partial charge on any atom is 0.310 e. The second-order valence-corrected chi connectivity index (χ2v) is 5.22. The van der Waals surface area contributed by atoms with Gasteiger partial charge in [0.2, 0.25) is 0 Å². The lowest BCUT2D eigenvalue weighted by Gasteiger charge is -2.24. The van der Waals surface area contributed by atoms with E-state index in [0.29, 0.717) is 6.54 Å². The Kier molecular flexibility index (Phi) is 4.11. The van der Waals surface area contributed by atoms with Gasteiger partial charge < -0.3 is 4.74 Å². The fourth-order valence-corrected chi connectivity index (χ4v) is 1.75. The summed E-state index contributed by atoms with van der Waals surface area (Å²) in [6, 6.07) is 0. The van der Waals surface area contributed by atoms with E-state index >= 15 is 0 Å². The van der Waals surface area contributed by atoms with Crippen LogP contribution >= 0.6 is 0 Å². The van der Waals surface area contributed by atoms with Crippen LogP contribution in [0.15, 0.2) is 0 Å². The minimum Gasteiger partial charge on any atom is -0.460 e. The summed E-state index contributed by atoms with van der Waals surface area (Å²) in [5.74, 6) is 5.58. The van der Waals surface area contributed by atoms with E-state index in [0.717, 1.165) is 25.8 Å². The Morgan fingerprint density at radius 2 is 2.07 bits per heavy atom. The first-order valence-electron chi connectivity index (χ1n) is 5.61. The quantitative estimate of drug-likeness (QED) is 0.528. The third kappa shape index (κ3) is 4.62. The molecule has 88 valence electrons. The van der Waals surface area contributed by atoms with Gasteiger partial charge in [-0.1, -0.05) is 6.42 Å². The molecule has 0 aliphatic carbocycles. The van der Waals surface area contributed by atoms with Gasteiger partial charge in [0.15, 0.2) is 0 Å². The van der Waals surface area contributed by atoms with Crippen molar-refractivity contribution >= 4 is 5.97 Å². The average molecular weight is 214 g/mol. The molecule has 2 N–H and O–H groups in total. The molecule has 0 unspecified atom stereocenters. The Morgan fingerprint density at radius 1 is 1.40 bits per heavy atom. The van der Waals surface area contributed by atoms with Crippen molar-refractivity contribution in [2.75, 3.05) is 13.1 Å². The highest BCUT2D eigenvalue weighted by Gasteiger charge is 2.27. The summed E-state index contributed by atoms with van der Waals surface area (Å²) in [5, 5.41) is 1.72. The van der Waals surface area contributed by atoms with E-state index in [1.54, 1.807) is 5.01 Å². The molecule has 0 radical (unpaired) electrons. The van der Waals surface area contributed by atoms with Crippen LogP contribution in [0.2, 0.25) is 0 Å². The number of hydrogen-bond donors (Lipinski definition) is 1. The van der Waals surface area contributed by atoms with Gasteiger partial charge in [-0.3, -0.25) is 10.6 Å². The number of carbonyl (C=O) groups excluding carboxylic acids is 1. The Balaban J connectivity index is 2.50. The monoisotopic (exact) mass is 214 g/mol. The maximum atomic E-state index is 11.8. The summed E-state index contributed by atoms with van der Waals surface area (Å²) in [6.45, 7) is 7.17. The zero-order valence-corrected chi connectivity index (χ0v) is 9.95. The molecule has 0 saturated carbocycles. The van der Waals surface area contributed by atoms with Crippen molar-refractivity contribution in [3.63, 3.8) is 0 Å². The smallest absolute Gasteiger partial charge is 0.310 e. The molecule has 0 aromatic heterocycles. The average Bonchev–Trinajstić information content (AvgIpc) is 2.26. The van der Waals surface area contributed by atoms with Crippen LogP contribution in [0.5, 0.6) is 0 Å². The number of hydrogen-bond acceptors (Lipinski definition) is 4. The highest BCUT2D eigenvalue weighted by atomic mass is 16.6. The molecule has 15 heavy (non-hydrogen) atoms. The third-order valence-electron chi connectivity index (χ3n) is 2.44. The van der Waals surface area contributed by atoms with E-state index in [2.05, 4.69) is 0 Å². The van der Waals surface area contributed by atoms with Crippen molar-refractivity contribution in [2.24, 2.45) is 11.8 Å². The molecular formula is C11H22N2O2. The van der Waals surface area contributed by atoms with Crippen LogP contribution in [0.3, 0.4) is 0 Å². The number of nitrogens with zero attached hydrogens (tertiary/aromatic N) is 1. The lowest BCUT2D eigenvalue weighted by Crippen LogP contribution is -2.39. The van der Waals surface area contributed by atoms with Crippen LogP contribution < -0.4 is 5.84 Å². The van der Waals surface area contributed by atoms with Gasteiger partial charge in [-0.05, 0) is 33.6 Å². The normalized spacial score (nSPS) is 24.7. The molecule has 0 amide bonds. The topological polar surface area (TPSA) is 55.6 Å². The lowest BCUT2D eigenvalue weighted by atomic mass is 10.0. The summed E-state index contributed by atoms with van der Waals surface area (Å²) < 4.78 is 5.36. The van der Waals surface area contributed by atoms with Crippen LogP contribution in [0.25, 0.3) is 0 Å². The standard InChI is InChI=1S/C11H22N2O2/c1-11(2,3)15-10(14)9-6-4-5-7-13(12)8-9/h9H,4-8,12H2,1-3H3/t9-/m0/s1. The van der Waals surface area contributed by atoms with Crippen molar-refractivity contribution < 1.29 is 9.53 Å². The molecule has 0 aromatic carbocycles. The Hall–Kier alpha value is -0.610. The van der Waals surface area contributed by atoms with Crippen molar-refractivity contribution in [1.82, 2.24) is 5.01 Å². The van der Waals surface area contributed by atoms with Gasteiger partial charge in [-0.2, -0.15) is 0 Å². The fourth-order valence-electron chi connectivity index (χ4n) is 1.75.